The topological polar surface area (TPSA) is 20.2 Å². The molecule has 0 fully saturated rings. The van der Waals surface area contributed by atoms with Crippen molar-refractivity contribution >= 4 is 0 Å². The summed E-state index contributed by atoms with van der Waals surface area (Å²) in [5, 5.41) is 8.89. The molecule has 0 radical (unpaired) electrons. The number of aliphatic hydroxyl groups is 1. The molecule has 94 valence electrons. The van der Waals surface area contributed by atoms with Crippen molar-refractivity contribution in [2.24, 2.45) is 0 Å². The predicted octanol–water partition coefficient (Wildman–Crippen LogP) is 3.75. The van der Waals surface area contributed by atoms with E-state index in [2.05, 4.69) is 6.58 Å². The molecule has 1 nitrogen and oxygen atoms in total. The number of alkyl halides is 3. The van der Waals surface area contributed by atoms with Gasteiger partial charge in [-0.25, -0.2) is 0 Å². The van der Waals surface area contributed by atoms with E-state index in [4.69, 9.17) is 5.11 Å². The van der Waals surface area contributed by atoms with E-state index in [0.29, 0.717) is 12.8 Å². The van der Waals surface area contributed by atoms with Crippen molar-refractivity contribution < 1.29 is 18.3 Å². The van der Waals surface area contributed by atoms with Crippen molar-refractivity contribution in [2.45, 2.75) is 24.9 Å². The molecular weight excluding hydrogens is 229 g/mol. The van der Waals surface area contributed by atoms with Gasteiger partial charge in [0.25, 0.3) is 0 Å². The maximum atomic E-state index is 12.4. The molecule has 0 saturated heterocycles. The molecule has 1 rings (SSSR count). The summed E-state index contributed by atoms with van der Waals surface area (Å²) in [5.74, 6) is 0.0276. The second kappa shape index (κ2) is 5.87. The third-order valence-electron chi connectivity index (χ3n) is 2.64. The van der Waals surface area contributed by atoms with Crippen LogP contribution in [-0.2, 0) is 6.18 Å². The van der Waals surface area contributed by atoms with Crippen LogP contribution in [0.15, 0.2) is 36.9 Å². The van der Waals surface area contributed by atoms with E-state index < -0.39 is 11.7 Å². The van der Waals surface area contributed by atoms with E-state index >= 15 is 0 Å². The van der Waals surface area contributed by atoms with Gasteiger partial charge < -0.3 is 5.11 Å². The molecule has 0 aliphatic carbocycles. The van der Waals surface area contributed by atoms with Gasteiger partial charge in [0.15, 0.2) is 0 Å². The Morgan fingerprint density at radius 3 is 2.24 bits per heavy atom. The summed E-state index contributed by atoms with van der Waals surface area (Å²) in [6.07, 6.45) is -1.43. The summed E-state index contributed by atoms with van der Waals surface area (Å²) in [7, 11) is 0. The average Bonchev–Trinajstić information content (AvgIpc) is 2.28. The average molecular weight is 244 g/mol. The van der Waals surface area contributed by atoms with E-state index in [1.54, 1.807) is 6.08 Å². The molecule has 1 unspecified atom stereocenters. The fourth-order valence-corrected chi connectivity index (χ4v) is 1.72. The van der Waals surface area contributed by atoms with Gasteiger partial charge >= 0.3 is 6.18 Å². The lowest BCUT2D eigenvalue weighted by atomic mass is 9.92. The molecule has 17 heavy (non-hydrogen) atoms. The molecule has 1 N–H and O–H groups in total. The van der Waals surface area contributed by atoms with Crippen LogP contribution in [0, 0.1) is 0 Å². The quantitative estimate of drug-likeness (QED) is 0.782. The molecule has 0 bridgehead atoms. The van der Waals surface area contributed by atoms with E-state index in [9.17, 15) is 13.2 Å². The Kier molecular flexibility index (Phi) is 4.75. The van der Waals surface area contributed by atoms with Crippen molar-refractivity contribution in [1.29, 1.82) is 0 Å². The Morgan fingerprint density at radius 1 is 1.24 bits per heavy atom. The zero-order valence-electron chi connectivity index (χ0n) is 9.37. The Labute approximate surface area is 98.6 Å². The molecule has 1 aromatic rings. The number of hydrogen-bond donors (Lipinski definition) is 1. The molecule has 0 heterocycles. The summed E-state index contributed by atoms with van der Waals surface area (Å²) < 4.78 is 37.1. The first kappa shape index (κ1) is 13.8. The van der Waals surface area contributed by atoms with Crippen LogP contribution in [0.1, 0.15) is 29.9 Å². The molecule has 0 aliphatic rings. The number of rotatable bonds is 5. The fraction of sp³-hybridized carbons (Fsp3) is 0.385. The number of aliphatic hydroxyl groups excluding tert-OH is 1. The first-order valence-corrected chi connectivity index (χ1v) is 5.38. The first-order valence-electron chi connectivity index (χ1n) is 5.38. The van der Waals surface area contributed by atoms with E-state index in [0.717, 1.165) is 17.7 Å². The number of halogens is 3. The Balaban J connectivity index is 2.87. The highest BCUT2D eigenvalue weighted by Gasteiger charge is 2.30. The molecule has 4 heteroatoms. The van der Waals surface area contributed by atoms with Crippen molar-refractivity contribution in [3.8, 4) is 0 Å². The molecule has 0 aromatic heterocycles. The van der Waals surface area contributed by atoms with Crippen LogP contribution in [0.4, 0.5) is 13.2 Å². The van der Waals surface area contributed by atoms with Crippen molar-refractivity contribution in [3.05, 3.63) is 48.0 Å². The normalized spacial score (nSPS) is 13.4. The lowest BCUT2D eigenvalue weighted by Gasteiger charge is -2.15. The fourth-order valence-electron chi connectivity index (χ4n) is 1.72. The van der Waals surface area contributed by atoms with Crippen molar-refractivity contribution in [2.75, 3.05) is 6.61 Å². The van der Waals surface area contributed by atoms with Crippen molar-refractivity contribution in [1.82, 2.24) is 0 Å². The Hall–Kier alpha value is -1.29. The van der Waals surface area contributed by atoms with Gasteiger partial charge in [-0.3, -0.25) is 0 Å². The van der Waals surface area contributed by atoms with Crippen LogP contribution in [0.25, 0.3) is 0 Å². The third-order valence-corrected chi connectivity index (χ3v) is 2.64. The number of hydrogen-bond acceptors (Lipinski definition) is 1. The minimum absolute atomic E-state index is 0.0134. The molecular formula is C13H15F3O. The zero-order valence-corrected chi connectivity index (χ0v) is 9.37. The van der Waals surface area contributed by atoms with Gasteiger partial charge in [-0.05, 0) is 36.5 Å². The smallest absolute Gasteiger partial charge is 0.396 e. The van der Waals surface area contributed by atoms with Crippen LogP contribution in [0.5, 0.6) is 0 Å². The van der Waals surface area contributed by atoms with Crippen LogP contribution < -0.4 is 0 Å². The summed E-state index contributed by atoms with van der Waals surface area (Å²) in [6, 6.07) is 5.07. The van der Waals surface area contributed by atoms with Gasteiger partial charge in [0.05, 0.1) is 5.56 Å². The lowest BCUT2D eigenvalue weighted by Crippen LogP contribution is -2.06. The summed E-state index contributed by atoms with van der Waals surface area (Å²) in [6.45, 7) is 3.62. The third kappa shape index (κ3) is 3.89. The Bertz CT molecular complexity index is 354. The van der Waals surface area contributed by atoms with Gasteiger partial charge in [-0.1, -0.05) is 18.2 Å². The summed E-state index contributed by atoms with van der Waals surface area (Å²) >= 11 is 0. The summed E-state index contributed by atoms with van der Waals surface area (Å²) in [5.41, 5.74) is 0.148. The van der Waals surface area contributed by atoms with Crippen LogP contribution in [0.3, 0.4) is 0 Å². The second-order valence-corrected chi connectivity index (χ2v) is 3.85. The van der Waals surface area contributed by atoms with E-state index in [1.165, 1.54) is 12.1 Å². The highest BCUT2D eigenvalue weighted by atomic mass is 19.4. The minimum atomic E-state index is -4.30. The van der Waals surface area contributed by atoms with Gasteiger partial charge in [-0.2, -0.15) is 13.2 Å². The number of benzene rings is 1. The van der Waals surface area contributed by atoms with Gasteiger partial charge in [0.2, 0.25) is 0 Å². The molecule has 0 saturated carbocycles. The monoisotopic (exact) mass is 244 g/mol. The van der Waals surface area contributed by atoms with Crippen LogP contribution >= 0.6 is 0 Å². The van der Waals surface area contributed by atoms with Crippen LogP contribution in [0.2, 0.25) is 0 Å². The molecule has 1 atom stereocenters. The first-order chi connectivity index (χ1) is 7.99. The van der Waals surface area contributed by atoms with Crippen LogP contribution in [-0.4, -0.2) is 11.7 Å². The van der Waals surface area contributed by atoms with Gasteiger partial charge in [-0.15, -0.1) is 6.58 Å². The summed E-state index contributed by atoms with van der Waals surface area (Å²) in [4.78, 5) is 0. The largest absolute Gasteiger partial charge is 0.416 e. The van der Waals surface area contributed by atoms with Gasteiger partial charge in [0.1, 0.15) is 0 Å². The maximum Gasteiger partial charge on any atom is 0.416 e. The number of allylic oxidation sites excluding steroid dienone is 1. The Morgan fingerprint density at radius 2 is 1.82 bits per heavy atom. The van der Waals surface area contributed by atoms with E-state index in [1.807, 2.05) is 0 Å². The maximum absolute atomic E-state index is 12.4. The van der Waals surface area contributed by atoms with E-state index in [-0.39, 0.29) is 12.5 Å². The molecule has 0 aliphatic heterocycles. The zero-order chi connectivity index (χ0) is 12.9. The standard InChI is InChI=1S/C13H15F3O/c1-2-3-10(8-9-17)11-4-6-12(7-5-11)13(14,15)16/h2,4-7,10,17H,1,3,8-9H2. The highest BCUT2D eigenvalue weighted by Crippen LogP contribution is 2.31. The lowest BCUT2D eigenvalue weighted by molar-refractivity contribution is -0.137. The molecule has 0 amide bonds. The highest BCUT2D eigenvalue weighted by molar-refractivity contribution is 5.27. The second-order valence-electron chi connectivity index (χ2n) is 3.85. The predicted molar refractivity (Wildman–Crippen MR) is 60.7 cm³/mol. The van der Waals surface area contributed by atoms with Crippen molar-refractivity contribution in [3.63, 3.8) is 0 Å². The van der Waals surface area contributed by atoms with Gasteiger partial charge in [0, 0.05) is 6.61 Å². The minimum Gasteiger partial charge on any atom is -0.396 e. The molecule has 1 aromatic carbocycles. The SMILES string of the molecule is C=CCC(CCO)c1ccc(C(F)(F)F)cc1. The molecule has 0 spiro atoms.